The number of rotatable bonds is 5. The monoisotopic (exact) mass is 295 g/mol. The number of likely N-dealkylation sites (tertiary alicyclic amines) is 1. The van der Waals surface area contributed by atoms with Gasteiger partial charge in [0.25, 0.3) is 0 Å². The number of amides is 1. The largest absolute Gasteiger partial charge is 0.465 e. The summed E-state index contributed by atoms with van der Waals surface area (Å²) >= 11 is 1.72. The van der Waals surface area contributed by atoms with Gasteiger partial charge in [-0.1, -0.05) is 12.2 Å². The molecule has 0 saturated carbocycles. The lowest BCUT2D eigenvalue weighted by Crippen LogP contribution is -2.32. The summed E-state index contributed by atoms with van der Waals surface area (Å²) in [5.74, 6) is 0. The lowest BCUT2D eigenvalue weighted by atomic mass is 9.87. The van der Waals surface area contributed by atoms with Gasteiger partial charge in [-0.15, -0.1) is 11.3 Å². The number of ether oxygens (including phenoxy) is 1. The van der Waals surface area contributed by atoms with Crippen LogP contribution in [0.4, 0.5) is 4.79 Å². The van der Waals surface area contributed by atoms with Crippen LogP contribution >= 0.6 is 11.3 Å². The highest BCUT2D eigenvalue weighted by atomic mass is 32.1. The highest BCUT2D eigenvalue weighted by Gasteiger charge is 2.38. The van der Waals surface area contributed by atoms with Crippen molar-refractivity contribution in [1.82, 2.24) is 4.90 Å². The maximum atomic E-state index is 11.1. The van der Waals surface area contributed by atoms with Crippen LogP contribution in [0.1, 0.15) is 23.8 Å². The molecule has 2 heterocycles. The number of aryl methyl sites for hydroxylation is 1. The van der Waals surface area contributed by atoms with Gasteiger partial charge in [0.2, 0.25) is 0 Å². The fraction of sp³-hybridized carbons (Fsp3) is 0.533. The van der Waals surface area contributed by atoms with E-state index < -0.39 is 6.09 Å². The summed E-state index contributed by atoms with van der Waals surface area (Å²) in [6.45, 7) is 6.37. The number of nitrogens with zero attached hydrogens (tertiary/aromatic N) is 1. The van der Waals surface area contributed by atoms with Crippen molar-refractivity contribution in [1.29, 1.82) is 0 Å². The predicted octanol–water partition coefficient (Wildman–Crippen LogP) is 3.48. The highest BCUT2D eigenvalue weighted by molar-refractivity contribution is 7.10. The quantitative estimate of drug-likeness (QED) is 0.905. The van der Waals surface area contributed by atoms with Crippen molar-refractivity contribution >= 4 is 23.5 Å². The molecule has 4 nitrogen and oxygen atoms in total. The Hall–Kier alpha value is -1.33. The minimum absolute atomic E-state index is 0.190. The maximum Gasteiger partial charge on any atom is 0.407 e. The normalized spacial score (nSPS) is 22.8. The molecule has 0 spiro atoms. The number of carbonyl (C=O) groups is 1. The third kappa shape index (κ3) is 3.61. The van der Waals surface area contributed by atoms with Crippen molar-refractivity contribution in [2.45, 2.75) is 20.3 Å². The van der Waals surface area contributed by atoms with Crippen molar-refractivity contribution in [3.05, 3.63) is 28.0 Å². The topological polar surface area (TPSA) is 49.8 Å². The molecule has 0 bridgehead atoms. The summed E-state index contributed by atoms with van der Waals surface area (Å²) in [5, 5.41) is 11.2. The molecule has 0 aliphatic carbocycles. The van der Waals surface area contributed by atoms with Crippen molar-refractivity contribution in [3.63, 3.8) is 0 Å². The van der Waals surface area contributed by atoms with Crippen molar-refractivity contribution < 1.29 is 14.6 Å². The molecular formula is C15H21NO3S. The van der Waals surface area contributed by atoms with E-state index in [0.717, 1.165) is 6.42 Å². The van der Waals surface area contributed by atoms with E-state index >= 15 is 0 Å². The molecule has 1 aliphatic heterocycles. The molecule has 5 heteroatoms. The van der Waals surface area contributed by atoms with E-state index in [9.17, 15) is 4.79 Å². The smallest absolute Gasteiger partial charge is 0.407 e. The van der Waals surface area contributed by atoms with Crippen molar-refractivity contribution in [2.24, 2.45) is 5.41 Å². The van der Waals surface area contributed by atoms with Gasteiger partial charge in [0.15, 0.2) is 0 Å². The molecule has 0 radical (unpaired) electrons. The molecule has 1 aromatic rings. The number of hydrogen-bond acceptors (Lipinski definition) is 3. The van der Waals surface area contributed by atoms with Crippen LogP contribution in [-0.4, -0.2) is 42.4 Å². The minimum Gasteiger partial charge on any atom is -0.465 e. The molecule has 1 fully saturated rings. The summed E-state index contributed by atoms with van der Waals surface area (Å²) in [7, 11) is 0. The Kier molecular flexibility index (Phi) is 4.83. The van der Waals surface area contributed by atoms with E-state index in [1.807, 2.05) is 6.92 Å². The predicted molar refractivity (Wildman–Crippen MR) is 81.2 cm³/mol. The lowest BCUT2D eigenvalue weighted by molar-refractivity contribution is 0.0793. The Morgan fingerprint density at radius 3 is 3.00 bits per heavy atom. The average Bonchev–Trinajstić information content (AvgIpc) is 3.02. The van der Waals surface area contributed by atoms with Crippen LogP contribution in [0.15, 0.2) is 17.5 Å². The average molecular weight is 295 g/mol. The van der Waals surface area contributed by atoms with Crippen LogP contribution in [0.3, 0.4) is 0 Å². The Morgan fingerprint density at radius 1 is 1.65 bits per heavy atom. The molecule has 1 N–H and O–H groups in total. The molecule has 2 rings (SSSR count). The van der Waals surface area contributed by atoms with Gasteiger partial charge in [0.1, 0.15) is 0 Å². The Labute approximate surface area is 123 Å². The second-order valence-corrected chi connectivity index (χ2v) is 6.39. The van der Waals surface area contributed by atoms with Crippen LogP contribution in [0, 0.1) is 12.3 Å². The molecule has 1 saturated heterocycles. The second kappa shape index (κ2) is 6.41. The SMILES string of the molecule is CCOC[C@]1(C=Cc2csc(C)c2)CCN(C(=O)O)C1. The van der Waals surface area contributed by atoms with Gasteiger partial charge in [-0.25, -0.2) is 4.79 Å². The van der Waals surface area contributed by atoms with Gasteiger partial charge in [0.05, 0.1) is 6.61 Å². The number of carboxylic acid groups (broad SMARTS) is 1. The zero-order chi connectivity index (χ0) is 14.6. The van der Waals surface area contributed by atoms with E-state index in [0.29, 0.717) is 26.3 Å². The first-order valence-corrected chi connectivity index (χ1v) is 7.73. The van der Waals surface area contributed by atoms with Gasteiger partial charge >= 0.3 is 6.09 Å². The Balaban J connectivity index is 2.11. The summed E-state index contributed by atoms with van der Waals surface area (Å²) in [6, 6.07) is 2.14. The summed E-state index contributed by atoms with van der Waals surface area (Å²) in [6.07, 6.45) is 4.20. The zero-order valence-electron chi connectivity index (χ0n) is 12.0. The third-order valence-electron chi connectivity index (χ3n) is 3.63. The highest BCUT2D eigenvalue weighted by Crippen LogP contribution is 2.33. The fourth-order valence-electron chi connectivity index (χ4n) is 2.49. The second-order valence-electron chi connectivity index (χ2n) is 5.28. The lowest BCUT2D eigenvalue weighted by Gasteiger charge is -2.24. The molecule has 1 aromatic heterocycles. The summed E-state index contributed by atoms with van der Waals surface area (Å²) < 4.78 is 5.57. The standard InChI is InChI=1S/C15H21NO3S/c1-3-19-11-15(6-7-16(10-15)14(17)18)5-4-13-8-12(2)20-9-13/h4-5,8-9H,3,6-7,10-11H2,1-2H3,(H,17,18)/t15-/m1/s1. The van der Waals surface area contributed by atoms with E-state index in [1.54, 1.807) is 11.3 Å². The first kappa shape index (κ1) is 15.1. The molecule has 1 atom stereocenters. The van der Waals surface area contributed by atoms with Crippen molar-refractivity contribution in [3.8, 4) is 0 Å². The zero-order valence-corrected chi connectivity index (χ0v) is 12.8. The Bertz CT molecular complexity index is 497. The summed E-state index contributed by atoms with van der Waals surface area (Å²) in [4.78, 5) is 13.9. The number of hydrogen-bond donors (Lipinski definition) is 1. The van der Waals surface area contributed by atoms with E-state index in [1.165, 1.54) is 15.3 Å². The molecule has 0 unspecified atom stereocenters. The van der Waals surface area contributed by atoms with Gasteiger partial charge in [0, 0.05) is 30.0 Å². The molecule has 1 amide bonds. The van der Waals surface area contributed by atoms with E-state index in [4.69, 9.17) is 9.84 Å². The molecule has 20 heavy (non-hydrogen) atoms. The van der Waals surface area contributed by atoms with Gasteiger partial charge in [-0.05, 0) is 37.3 Å². The van der Waals surface area contributed by atoms with Gasteiger partial charge in [-0.2, -0.15) is 0 Å². The molecule has 0 aromatic carbocycles. The van der Waals surface area contributed by atoms with Crippen molar-refractivity contribution in [2.75, 3.05) is 26.3 Å². The van der Waals surface area contributed by atoms with Crippen LogP contribution in [0.2, 0.25) is 0 Å². The first-order valence-electron chi connectivity index (χ1n) is 6.85. The molecule has 110 valence electrons. The number of thiophene rings is 1. The van der Waals surface area contributed by atoms with Crippen LogP contribution in [0.5, 0.6) is 0 Å². The maximum absolute atomic E-state index is 11.1. The molecule has 1 aliphatic rings. The van der Waals surface area contributed by atoms with Crippen LogP contribution in [-0.2, 0) is 4.74 Å². The third-order valence-corrected chi connectivity index (χ3v) is 4.51. The van der Waals surface area contributed by atoms with Crippen LogP contribution < -0.4 is 0 Å². The van der Waals surface area contributed by atoms with Gasteiger partial charge < -0.3 is 14.7 Å². The minimum atomic E-state index is -0.844. The van der Waals surface area contributed by atoms with E-state index in [-0.39, 0.29) is 5.41 Å². The Morgan fingerprint density at radius 2 is 2.45 bits per heavy atom. The first-order chi connectivity index (χ1) is 9.54. The summed E-state index contributed by atoms with van der Waals surface area (Å²) in [5.41, 5.74) is 0.988. The van der Waals surface area contributed by atoms with Crippen LogP contribution in [0.25, 0.3) is 6.08 Å². The van der Waals surface area contributed by atoms with Gasteiger partial charge in [-0.3, -0.25) is 0 Å². The fourth-order valence-corrected chi connectivity index (χ4v) is 3.16. The van der Waals surface area contributed by atoms with E-state index in [2.05, 4.69) is 30.5 Å². The molecular weight excluding hydrogens is 274 g/mol.